The first-order valence-electron chi connectivity index (χ1n) is 10.9. The maximum atomic E-state index is 13.1. The SMILES string of the molecule is Cc1ccc(C(=O)NCC(=O)N2CCN(S(=O)(=O)c3ccc4c(c3)NC(=O)[C@@H](C)O4)CC2)cc1. The lowest BCUT2D eigenvalue weighted by molar-refractivity contribution is -0.131. The zero-order valence-corrected chi connectivity index (χ0v) is 19.7. The molecule has 1 fully saturated rings. The molecule has 2 N–H and O–H groups in total. The number of nitrogens with zero attached hydrogens (tertiary/aromatic N) is 2. The number of hydrogen-bond acceptors (Lipinski definition) is 6. The Morgan fingerprint density at radius 1 is 1.09 bits per heavy atom. The van der Waals surface area contributed by atoms with E-state index in [1.807, 2.05) is 19.1 Å². The van der Waals surface area contributed by atoms with Crippen molar-refractivity contribution in [2.24, 2.45) is 0 Å². The van der Waals surface area contributed by atoms with Gasteiger partial charge in [-0.15, -0.1) is 0 Å². The van der Waals surface area contributed by atoms with Gasteiger partial charge in [0, 0.05) is 31.7 Å². The van der Waals surface area contributed by atoms with Crippen LogP contribution in [0.5, 0.6) is 5.75 Å². The van der Waals surface area contributed by atoms with Crippen molar-refractivity contribution in [3.8, 4) is 5.75 Å². The van der Waals surface area contributed by atoms with Crippen LogP contribution in [0, 0.1) is 6.92 Å². The number of aryl methyl sites for hydroxylation is 1. The number of carbonyl (C=O) groups is 3. The number of fused-ring (bicyclic) bond motifs is 1. The number of piperazine rings is 1. The van der Waals surface area contributed by atoms with Gasteiger partial charge in [0.25, 0.3) is 11.8 Å². The molecule has 1 atom stereocenters. The van der Waals surface area contributed by atoms with E-state index in [0.29, 0.717) is 17.0 Å². The second-order valence-corrected chi connectivity index (χ2v) is 10.2. The van der Waals surface area contributed by atoms with Crippen LogP contribution in [0.15, 0.2) is 47.4 Å². The highest BCUT2D eigenvalue weighted by Crippen LogP contribution is 2.32. The van der Waals surface area contributed by atoms with Crippen LogP contribution in [0.4, 0.5) is 5.69 Å². The molecule has 0 aromatic heterocycles. The molecule has 0 saturated carbocycles. The van der Waals surface area contributed by atoms with Crippen LogP contribution >= 0.6 is 0 Å². The first-order valence-corrected chi connectivity index (χ1v) is 12.3. The second kappa shape index (κ2) is 9.43. The molecule has 2 aliphatic rings. The van der Waals surface area contributed by atoms with Gasteiger partial charge in [0.15, 0.2) is 6.10 Å². The topological polar surface area (TPSA) is 125 Å². The predicted molar refractivity (Wildman–Crippen MR) is 124 cm³/mol. The molecule has 4 rings (SSSR count). The summed E-state index contributed by atoms with van der Waals surface area (Å²) in [4.78, 5) is 38.2. The number of benzene rings is 2. The number of nitrogens with one attached hydrogen (secondary N) is 2. The van der Waals surface area contributed by atoms with E-state index < -0.39 is 16.1 Å². The summed E-state index contributed by atoms with van der Waals surface area (Å²) in [6.45, 7) is 4.03. The zero-order chi connectivity index (χ0) is 24.5. The Bertz CT molecular complexity index is 1220. The van der Waals surface area contributed by atoms with Gasteiger partial charge in [0.05, 0.1) is 17.1 Å². The van der Waals surface area contributed by atoms with Gasteiger partial charge < -0.3 is 20.3 Å². The van der Waals surface area contributed by atoms with E-state index in [4.69, 9.17) is 4.74 Å². The Hall–Kier alpha value is -3.44. The van der Waals surface area contributed by atoms with Gasteiger partial charge in [0.1, 0.15) is 5.75 Å². The van der Waals surface area contributed by atoms with Gasteiger partial charge >= 0.3 is 0 Å². The Kier molecular flexibility index (Phi) is 6.58. The Labute approximate surface area is 197 Å². The lowest BCUT2D eigenvalue weighted by Crippen LogP contribution is -2.52. The van der Waals surface area contributed by atoms with Crippen molar-refractivity contribution in [1.82, 2.24) is 14.5 Å². The molecule has 0 bridgehead atoms. The number of hydrogen-bond donors (Lipinski definition) is 2. The summed E-state index contributed by atoms with van der Waals surface area (Å²) in [5.74, 6) is -0.550. The largest absolute Gasteiger partial charge is 0.479 e. The van der Waals surface area contributed by atoms with Crippen LogP contribution in [-0.2, 0) is 19.6 Å². The molecule has 0 spiro atoms. The molecular weight excluding hydrogens is 460 g/mol. The lowest BCUT2D eigenvalue weighted by Gasteiger charge is -2.34. The Balaban J connectivity index is 1.33. The zero-order valence-electron chi connectivity index (χ0n) is 18.9. The molecule has 1 saturated heterocycles. The van der Waals surface area contributed by atoms with Crippen molar-refractivity contribution in [3.05, 3.63) is 53.6 Å². The third kappa shape index (κ3) is 4.90. The van der Waals surface area contributed by atoms with Crippen LogP contribution in [0.25, 0.3) is 0 Å². The third-order valence-corrected chi connectivity index (χ3v) is 7.72. The summed E-state index contributed by atoms with van der Waals surface area (Å²) >= 11 is 0. The van der Waals surface area contributed by atoms with Gasteiger partial charge in [0.2, 0.25) is 15.9 Å². The van der Waals surface area contributed by atoms with Crippen molar-refractivity contribution < 1.29 is 27.5 Å². The molecular formula is C23H26N4O6S. The minimum atomic E-state index is -3.82. The maximum absolute atomic E-state index is 13.1. The summed E-state index contributed by atoms with van der Waals surface area (Å²) in [6, 6.07) is 11.4. The summed E-state index contributed by atoms with van der Waals surface area (Å²) < 4.78 is 33.0. The summed E-state index contributed by atoms with van der Waals surface area (Å²) in [5.41, 5.74) is 1.81. The van der Waals surface area contributed by atoms with Gasteiger partial charge in [-0.25, -0.2) is 8.42 Å². The monoisotopic (exact) mass is 486 g/mol. The highest BCUT2D eigenvalue weighted by atomic mass is 32.2. The standard InChI is InChI=1S/C23H26N4O6S/c1-15-3-5-17(6-4-15)23(30)24-14-21(28)26-9-11-27(12-10-26)34(31,32)18-7-8-20-19(13-18)25-22(29)16(2)33-20/h3-8,13,16H,9-12,14H2,1-2H3,(H,24,30)(H,25,29)/t16-/m1/s1. The van der Waals surface area contributed by atoms with Crippen LogP contribution in [-0.4, -0.2) is 74.2 Å². The number of ether oxygens (including phenoxy) is 1. The number of amides is 3. The Morgan fingerprint density at radius 2 is 1.76 bits per heavy atom. The maximum Gasteiger partial charge on any atom is 0.265 e. The fourth-order valence-electron chi connectivity index (χ4n) is 3.75. The molecule has 10 nitrogen and oxygen atoms in total. The van der Waals surface area contributed by atoms with Crippen LogP contribution in [0.2, 0.25) is 0 Å². The van der Waals surface area contributed by atoms with Crippen molar-refractivity contribution in [2.45, 2.75) is 24.8 Å². The van der Waals surface area contributed by atoms with E-state index in [1.165, 1.54) is 27.4 Å². The molecule has 34 heavy (non-hydrogen) atoms. The van der Waals surface area contributed by atoms with Crippen molar-refractivity contribution in [3.63, 3.8) is 0 Å². The van der Waals surface area contributed by atoms with Crippen molar-refractivity contribution in [1.29, 1.82) is 0 Å². The molecule has 2 heterocycles. The number of anilines is 1. The number of sulfonamides is 1. The number of carbonyl (C=O) groups excluding carboxylic acids is 3. The average Bonchev–Trinajstić information content (AvgIpc) is 2.83. The Morgan fingerprint density at radius 3 is 2.44 bits per heavy atom. The first-order chi connectivity index (χ1) is 16.1. The molecule has 3 amide bonds. The molecule has 0 aliphatic carbocycles. The highest BCUT2D eigenvalue weighted by Gasteiger charge is 2.32. The minimum Gasteiger partial charge on any atom is -0.479 e. The summed E-state index contributed by atoms with van der Waals surface area (Å²) in [6.07, 6.45) is -0.651. The normalized spacial score (nSPS) is 18.5. The molecule has 0 radical (unpaired) electrons. The molecule has 2 aliphatic heterocycles. The third-order valence-electron chi connectivity index (χ3n) is 5.82. The minimum absolute atomic E-state index is 0.0369. The molecule has 0 unspecified atom stereocenters. The predicted octanol–water partition coefficient (Wildman–Crippen LogP) is 0.977. The van der Waals surface area contributed by atoms with Gasteiger partial charge in [-0.1, -0.05) is 17.7 Å². The smallest absolute Gasteiger partial charge is 0.265 e. The average molecular weight is 487 g/mol. The fourth-order valence-corrected chi connectivity index (χ4v) is 5.20. The van der Waals surface area contributed by atoms with E-state index in [-0.39, 0.29) is 55.3 Å². The van der Waals surface area contributed by atoms with E-state index in [2.05, 4.69) is 10.6 Å². The van der Waals surface area contributed by atoms with Gasteiger partial charge in [-0.2, -0.15) is 4.31 Å². The van der Waals surface area contributed by atoms with Gasteiger partial charge in [-0.05, 0) is 44.2 Å². The second-order valence-electron chi connectivity index (χ2n) is 8.24. The van der Waals surface area contributed by atoms with E-state index in [9.17, 15) is 22.8 Å². The van der Waals surface area contributed by atoms with Crippen LogP contribution in [0.3, 0.4) is 0 Å². The summed E-state index contributed by atoms with van der Waals surface area (Å²) in [5, 5.41) is 5.26. The highest BCUT2D eigenvalue weighted by molar-refractivity contribution is 7.89. The molecule has 2 aromatic rings. The lowest BCUT2D eigenvalue weighted by atomic mass is 10.1. The van der Waals surface area contributed by atoms with E-state index in [1.54, 1.807) is 19.1 Å². The van der Waals surface area contributed by atoms with Crippen molar-refractivity contribution in [2.75, 3.05) is 38.0 Å². The molecule has 2 aromatic carbocycles. The quantitative estimate of drug-likeness (QED) is 0.649. The summed E-state index contributed by atoms with van der Waals surface area (Å²) in [7, 11) is -3.82. The van der Waals surface area contributed by atoms with E-state index >= 15 is 0 Å². The van der Waals surface area contributed by atoms with Crippen LogP contribution < -0.4 is 15.4 Å². The molecule has 11 heteroatoms. The van der Waals surface area contributed by atoms with Gasteiger partial charge in [-0.3, -0.25) is 14.4 Å². The molecule has 180 valence electrons. The van der Waals surface area contributed by atoms with Crippen molar-refractivity contribution >= 4 is 33.4 Å². The van der Waals surface area contributed by atoms with Crippen LogP contribution in [0.1, 0.15) is 22.8 Å². The fraction of sp³-hybridized carbons (Fsp3) is 0.348. The number of rotatable bonds is 5. The first kappa shape index (κ1) is 23.7. The van der Waals surface area contributed by atoms with E-state index in [0.717, 1.165) is 5.56 Å².